The Morgan fingerprint density at radius 1 is 0.939 bits per heavy atom. The van der Waals surface area contributed by atoms with Gasteiger partial charge in [0.05, 0.1) is 6.61 Å². The van der Waals surface area contributed by atoms with Crippen molar-refractivity contribution in [3.05, 3.63) is 72.5 Å². The number of carbonyl (C=O) groups is 2. The highest BCUT2D eigenvalue weighted by Gasteiger charge is 2.20. The minimum atomic E-state index is -1.05. The normalized spacial score (nSPS) is 12.4. The van der Waals surface area contributed by atoms with Crippen LogP contribution < -0.4 is 10.6 Å². The maximum absolute atomic E-state index is 12.4. The lowest BCUT2D eigenvalue weighted by Gasteiger charge is -2.16. The van der Waals surface area contributed by atoms with Crippen molar-refractivity contribution < 1.29 is 19.2 Å². The number of benzene rings is 4. The Morgan fingerprint density at radius 2 is 1.67 bits per heavy atom. The Bertz CT molecular complexity index is 1410. The van der Waals surface area contributed by atoms with Gasteiger partial charge in [-0.05, 0) is 50.7 Å². The van der Waals surface area contributed by atoms with Crippen LogP contribution in [0.4, 0.5) is 5.82 Å². The second kappa shape index (κ2) is 8.88. The second-order valence-electron chi connectivity index (χ2n) is 8.11. The molecule has 1 heterocycles. The molecule has 0 saturated carbocycles. The largest absolute Gasteiger partial charge is 0.394 e. The molecule has 1 aromatic heterocycles. The van der Waals surface area contributed by atoms with Gasteiger partial charge in [-0.2, -0.15) is 0 Å². The Morgan fingerprint density at radius 3 is 2.39 bits per heavy atom. The van der Waals surface area contributed by atoms with Gasteiger partial charge in [0.1, 0.15) is 12.3 Å². The number of hydrogen-bond donors (Lipinski definition) is 3. The highest BCUT2D eigenvalue weighted by molar-refractivity contribution is 6.23. The van der Waals surface area contributed by atoms with Gasteiger partial charge in [0.15, 0.2) is 5.82 Å². The van der Waals surface area contributed by atoms with E-state index in [1.165, 1.54) is 50.2 Å². The van der Waals surface area contributed by atoms with Gasteiger partial charge in [0.25, 0.3) is 5.91 Å². The van der Waals surface area contributed by atoms with Crippen LogP contribution in [0.25, 0.3) is 32.3 Å². The minimum Gasteiger partial charge on any atom is -0.394 e. The lowest BCUT2D eigenvalue weighted by Crippen LogP contribution is -2.46. The number of carbonyl (C=O) groups excluding carboxylic acids is 2. The van der Waals surface area contributed by atoms with Crippen LogP contribution in [0.15, 0.2) is 71.4 Å². The number of aliphatic hydroxyl groups is 1. The molecule has 1 unspecified atom stereocenters. The molecular weight excluding hydrogens is 418 g/mol. The highest BCUT2D eigenvalue weighted by Crippen LogP contribution is 2.36. The maximum Gasteiger partial charge on any atom is 0.250 e. The van der Waals surface area contributed by atoms with Gasteiger partial charge in [-0.3, -0.25) is 9.59 Å². The first-order chi connectivity index (χ1) is 16.1. The van der Waals surface area contributed by atoms with Crippen molar-refractivity contribution in [2.45, 2.75) is 25.3 Å². The average Bonchev–Trinajstić information content (AvgIpc) is 3.34. The smallest absolute Gasteiger partial charge is 0.250 e. The summed E-state index contributed by atoms with van der Waals surface area (Å²) in [4.78, 5) is 24.6. The predicted octanol–water partition coefficient (Wildman–Crippen LogP) is 4.01. The quantitative estimate of drug-likeness (QED) is 0.316. The molecule has 4 aromatic carbocycles. The molecule has 0 spiro atoms. The van der Waals surface area contributed by atoms with Gasteiger partial charge in [-0.25, -0.2) is 0 Å². The summed E-state index contributed by atoms with van der Waals surface area (Å²) >= 11 is 0. The molecule has 5 rings (SSSR count). The molecular formula is C26H23N3O4. The van der Waals surface area contributed by atoms with Gasteiger partial charge in [0, 0.05) is 12.5 Å². The molecule has 0 fully saturated rings. The molecule has 33 heavy (non-hydrogen) atoms. The fourth-order valence-electron chi connectivity index (χ4n) is 4.40. The van der Waals surface area contributed by atoms with E-state index in [2.05, 4.69) is 74.9 Å². The fourth-order valence-corrected chi connectivity index (χ4v) is 4.40. The van der Waals surface area contributed by atoms with E-state index in [9.17, 15) is 14.7 Å². The van der Waals surface area contributed by atoms with Crippen molar-refractivity contribution in [2.75, 3.05) is 11.9 Å². The highest BCUT2D eigenvalue weighted by atomic mass is 16.5. The summed E-state index contributed by atoms with van der Waals surface area (Å²) in [5.74, 6) is -0.615. The standard InChI is InChI=1S/C26H23N3O4/c30-15-21(26(32)28-22-13-14-33-29-22)27-23(31)6-2-3-16-7-8-19-10-9-17-4-1-5-18-11-12-20(16)25(19)24(17)18/h1,4-5,7-14,21,30H,2-3,6,15H2,(H,27,31)(H,28,29,32). The lowest BCUT2D eigenvalue weighted by atomic mass is 9.90. The van der Waals surface area contributed by atoms with Crippen molar-refractivity contribution >= 4 is 49.9 Å². The van der Waals surface area contributed by atoms with Crippen LogP contribution in [0.2, 0.25) is 0 Å². The molecule has 0 aliphatic carbocycles. The summed E-state index contributed by atoms with van der Waals surface area (Å²) in [5.41, 5.74) is 1.19. The fraction of sp³-hybridized carbons (Fsp3) is 0.192. The first-order valence-corrected chi connectivity index (χ1v) is 10.9. The van der Waals surface area contributed by atoms with Crippen molar-refractivity contribution in [3.8, 4) is 0 Å². The number of aromatic nitrogens is 1. The first kappa shape index (κ1) is 20.9. The van der Waals surface area contributed by atoms with Gasteiger partial charge in [-0.1, -0.05) is 59.8 Å². The molecule has 0 aliphatic heterocycles. The van der Waals surface area contributed by atoms with Crippen LogP contribution in [-0.2, 0) is 16.0 Å². The molecule has 7 nitrogen and oxygen atoms in total. The van der Waals surface area contributed by atoms with E-state index in [1.807, 2.05) is 0 Å². The van der Waals surface area contributed by atoms with E-state index in [1.54, 1.807) is 0 Å². The van der Waals surface area contributed by atoms with E-state index in [0.717, 1.165) is 6.42 Å². The number of hydrogen-bond acceptors (Lipinski definition) is 5. The third-order valence-electron chi connectivity index (χ3n) is 5.99. The molecule has 3 N–H and O–H groups in total. The average molecular weight is 441 g/mol. The maximum atomic E-state index is 12.4. The van der Waals surface area contributed by atoms with Crippen LogP contribution in [0.3, 0.4) is 0 Å². The Hall–Kier alpha value is -3.97. The molecule has 0 radical (unpaired) electrons. The van der Waals surface area contributed by atoms with Crippen molar-refractivity contribution in [3.63, 3.8) is 0 Å². The zero-order valence-electron chi connectivity index (χ0n) is 17.9. The number of aliphatic hydroxyl groups excluding tert-OH is 1. The van der Waals surface area contributed by atoms with E-state index < -0.39 is 18.6 Å². The number of nitrogens with zero attached hydrogens (tertiary/aromatic N) is 1. The second-order valence-corrected chi connectivity index (χ2v) is 8.11. The third kappa shape index (κ3) is 4.10. The zero-order chi connectivity index (χ0) is 22.8. The lowest BCUT2D eigenvalue weighted by molar-refractivity contribution is -0.127. The predicted molar refractivity (Wildman–Crippen MR) is 127 cm³/mol. The van der Waals surface area contributed by atoms with E-state index in [4.69, 9.17) is 0 Å². The number of rotatable bonds is 8. The number of aryl methyl sites for hydroxylation is 1. The van der Waals surface area contributed by atoms with E-state index in [-0.39, 0.29) is 18.1 Å². The van der Waals surface area contributed by atoms with Gasteiger partial charge in [0.2, 0.25) is 5.91 Å². The van der Waals surface area contributed by atoms with E-state index >= 15 is 0 Å². The van der Waals surface area contributed by atoms with Gasteiger partial charge >= 0.3 is 0 Å². The molecule has 0 aliphatic rings. The van der Waals surface area contributed by atoms with Crippen LogP contribution in [-0.4, -0.2) is 34.7 Å². The Kier molecular flexibility index (Phi) is 5.62. The van der Waals surface area contributed by atoms with Crippen molar-refractivity contribution in [1.29, 1.82) is 0 Å². The molecule has 5 aromatic rings. The Labute approximate surface area is 189 Å². The molecule has 1 atom stereocenters. The number of anilines is 1. The third-order valence-corrected chi connectivity index (χ3v) is 5.99. The number of nitrogens with one attached hydrogen (secondary N) is 2. The molecule has 166 valence electrons. The molecule has 2 amide bonds. The van der Waals surface area contributed by atoms with Crippen LogP contribution >= 0.6 is 0 Å². The number of amides is 2. The summed E-state index contributed by atoms with van der Waals surface area (Å²) in [7, 11) is 0. The van der Waals surface area contributed by atoms with Gasteiger partial charge < -0.3 is 20.3 Å². The summed E-state index contributed by atoms with van der Waals surface area (Å²) in [6.45, 7) is -0.509. The molecule has 7 heteroatoms. The van der Waals surface area contributed by atoms with Crippen molar-refractivity contribution in [2.24, 2.45) is 0 Å². The summed E-state index contributed by atoms with van der Waals surface area (Å²) in [5, 5.41) is 25.6. The monoisotopic (exact) mass is 441 g/mol. The van der Waals surface area contributed by atoms with Crippen LogP contribution in [0.5, 0.6) is 0 Å². The zero-order valence-corrected chi connectivity index (χ0v) is 17.9. The van der Waals surface area contributed by atoms with E-state index in [0.29, 0.717) is 6.42 Å². The van der Waals surface area contributed by atoms with Crippen LogP contribution in [0, 0.1) is 0 Å². The Balaban J connectivity index is 1.26. The first-order valence-electron chi connectivity index (χ1n) is 10.9. The SMILES string of the molecule is O=C(CCCc1ccc2ccc3cccc4ccc1c2c34)NC(CO)C(=O)Nc1ccon1. The summed E-state index contributed by atoms with van der Waals surface area (Å²) < 4.78 is 4.66. The molecule has 0 bridgehead atoms. The topological polar surface area (TPSA) is 104 Å². The van der Waals surface area contributed by atoms with Gasteiger partial charge in [-0.15, -0.1) is 0 Å². The van der Waals surface area contributed by atoms with Crippen molar-refractivity contribution in [1.82, 2.24) is 10.5 Å². The molecule has 0 saturated heterocycles. The minimum absolute atomic E-state index is 0.224. The van der Waals surface area contributed by atoms with Crippen LogP contribution in [0.1, 0.15) is 18.4 Å². The summed E-state index contributed by atoms with van der Waals surface area (Å²) in [6, 6.07) is 19.7. The summed E-state index contributed by atoms with van der Waals surface area (Å²) in [6.07, 6.45) is 2.92.